The highest BCUT2D eigenvalue weighted by atomic mass is 35.5. The minimum Gasteiger partial charge on any atom is -0.481 e. The van der Waals surface area contributed by atoms with Crippen LogP contribution in [-0.4, -0.2) is 65.2 Å². The van der Waals surface area contributed by atoms with Crippen molar-refractivity contribution < 1.29 is 29.0 Å². The Morgan fingerprint density at radius 1 is 1.16 bits per heavy atom. The van der Waals surface area contributed by atoms with Crippen LogP contribution >= 0.6 is 11.6 Å². The lowest BCUT2D eigenvalue weighted by Gasteiger charge is -2.45. The molecule has 3 amide bonds. The molecule has 1 aromatic rings. The van der Waals surface area contributed by atoms with Gasteiger partial charge in [-0.1, -0.05) is 51.4 Å². The van der Waals surface area contributed by atoms with E-state index in [1.807, 2.05) is 43.0 Å². The average Bonchev–Trinajstić information content (AvgIpc) is 2.79. The fourth-order valence-corrected chi connectivity index (χ4v) is 4.78. The highest BCUT2D eigenvalue weighted by molar-refractivity contribution is 6.30. The first-order valence-corrected chi connectivity index (χ1v) is 13.0. The lowest BCUT2D eigenvalue weighted by atomic mass is 9.70. The standard InChI is InChI=1S/C27H40ClN3O6/c1-17(2)23(30-25(36)29-15-27(5,6)37-22(34)12-11-21(32)33)24(35)31-14-13-20(26(3,4)16-31)18-7-9-19(28)10-8-18/h7-10,17,20,23H,11-16H2,1-6H3,(H,32,33)(H2,29,30,36)/t20?,23-/m1/s1. The molecule has 2 rings (SSSR count). The molecule has 1 unspecified atom stereocenters. The number of nitrogens with zero attached hydrogens (tertiary/aromatic N) is 1. The first-order valence-electron chi connectivity index (χ1n) is 12.6. The monoisotopic (exact) mass is 537 g/mol. The third-order valence-electron chi connectivity index (χ3n) is 6.64. The van der Waals surface area contributed by atoms with E-state index in [0.717, 1.165) is 6.42 Å². The van der Waals surface area contributed by atoms with Crippen LogP contribution in [-0.2, 0) is 19.1 Å². The lowest BCUT2D eigenvalue weighted by molar-refractivity contribution is -0.158. The number of likely N-dealkylation sites (tertiary alicyclic amines) is 1. The summed E-state index contributed by atoms with van der Waals surface area (Å²) in [6, 6.07) is 6.60. The number of carbonyl (C=O) groups is 4. The summed E-state index contributed by atoms with van der Waals surface area (Å²) in [6.07, 6.45) is 0.230. The van der Waals surface area contributed by atoms with Crippen LogP contribution in [0.25, 0.3) is 0 Å². The zero-order valence-corrected chi connectivity index (χ0v) is 23.4. The summed E-state index contributed by atoms with van der Waals surface area (Å²) in [5.41, 5.74) is -0.0107. The molecule has 1 heterocycles. The summed E-state index contributed by atoms with van der Waals surface area (Å²) in [7, 11) is 0. The number of aliphatic carboxylic acids is 1. The number of carboxylic acids is 1. The number of benzene rings is 1. The predicted octanol–water partition coefficient (Wildman–Crippen LogP) is 4.19. The summed E-state index contributed by atoms with van der Waals surface area (Å²) in [4.78, 5) is 50.4. The van der Waals surface area contributed by atoms with Gasteiger partial charge in [0, 0.05) is 18.1 Å². The summed E-state index contributed by atoms with van der Waals surface area (Å²) in [5, 5.41) is 14.8. The first kappa shape index (κ1) is 30.4. The molecule has 1 aliphatic rings. The number of hydrogen-bond acceptors (Lipinski definition) is 5. The first-order chi connectivity index (χ1) is 17.1. The normalized spacial score (nSPS) is 18.2. The van der Waals surface area contributed by atoms with Gasteiger partial charge in [-0.25, -0.2) is 4.79 Å². The van der Waals surface area contributed by atoms with Gasteiger partial charge in [0.1, 0.15) is 11.6 Å². The maximum Gasteiger partial charge on any atom is 0.315 e. The van der Waals surface area contributed by atoms with Crippen LogP contribution in [0.5, 0.6) is 0 Å². The number of amides is 3. The fourth-order valence-electron chi connectivity index (χ4n) is 4.66. The van der Waals surface area contributed by atoms with Crippen molar-refractivity contribution in [2.45, 2.75) is 78.4 Å². The van der Waals surface area contributed by atoms with E-state index in [0.29, 0.717) is 18.1 Å². The Labute approximate surface area is 224 Å². The third kappa shape index (κ3) is 9.22. The number of esters is 1. The van der Waals surface area contributed by atoms with Crippen LogP contribution in [0.4, 0.5) is 4.79 Å². The Kier molecular flexibility index (Phi) is 10.4. The number of nitrogens with one attached hydrogen (secondary N) is 2. The Morgan fingerprint density at radius 3 is 2.32 bits per heavy atom. The van der Waals surface area contributed by atoms with Crippen LogP contribution in [0.2, 0.25) is 5.02 Å². The van der Waals surface area contributed by atoms with E-state index in [4.69, 9.17) is 21.4 Å². The van der Waals surface area contributed by atoms with Gasteiger partial charge >= 0.3 is 18.0 Å². The van der Waals surface area contributed by atoms with Crippen molar-refractivity contribution >= 4 is 35.5 Å². The van der Waals surface area contributed by atoms with E-state index in [1.165, 1.54) is 5.56 Å². The Bertz CT molecular complexity index is 977. The lowest BCUT2D eigenvalue weighted by Crippen LogP contribution is -2.58. The molecule has 0 spiro atoms. The molecular formula is C27H40ClN3O6. The molecule has 0 aliphatic carbocycles. The van der Waals surface area contributed by atoms with Crippen LogP contribution < -0.4 is 10.6 Å². The highest BCUT2D eigenvalue weighted by Gasteiger charge is 2.40. The molecular weight excluding hydrogens is 498 g/mol. The van der Waals surface area contributed by atoms with E-state index >= 15 is 0 Å². The molecule has 0 radical (unpaired) electrons. The van der Waals surface area contributed by atoms with Crippen molar-refractivity contribution in [1.82, 2.24) is 15.5 Å². The second-order valence-corrected chi connectivity index (χ2v) is 11.8. The molecule has 0 bridgehead atoms. The molecule has 1 aromatic carbocycles. The smallest absolute Gasteiger partial charge is 0.315 e. The van der Waals surface area contributed by atoms with Crippen molar-refractivity contribution in [3.05, 3.63) is 34.9 Å². The maximum absolute atomic E-state index is 13.5. The number of rotatable bonds is 10. The van der Waals surface area contributed by atoms with E-state index in [2.05, 4.69) is 24.5 Å². The number of hydrogen-bond donors (Lipinski definition) is 3. The number of halogens is 1. The van der Waals surface area contributed by atoms with Crippen LogP contribution in [0, 0.1) is 11.3 Å². The van der Waals surface area contributed by atoms with Crippen LogP contribution in [0.15, 0.2) is 24.3 Å². The van der Waals surface area contributed by atoms with E-state index in [1.54, 1.807) is 13.8 Å². The largest absolute Gasteiger partial charge is 0.481 e. The van der Waals surface area contributed by atoms with Gasteiger partial charge in [-0.3, -0.25) is 14.4 Å². The molecule has 10 heteroatoms. The van der Waals surface area contributed by atoms with Crippen LogP contribution in [0.3, 0.4) is 0 Å². The summed E-state index contributed by atoms with van der Waals surface area (Å²) in [6.45, 7) is 12.4. The van der Waals surface area contributed by atoms with E-state index < -0.39 is 29.6 Å². The van der Waals surface area contributed by atoms with Gasteiger partial charge in [0.2, 0.25) is 5.91 Å². The number of carbonyl (C=O) groups excluding carboxylic acids is 3. The summed E-state index contributed by atoms with van der Waals surface area (Å²) < 4.78 is 5.28. The minimum absolute atomic E-state index is 0.00380. The molecule has 2 atom stereocenters. The van der Waals surface area contributed by atoms with Crippen molar-refractivity contribution in [2.75, 3.05) is 19.6 Å². The molecule has 3 N–H and O–H groups in total. The third-order valence-corrected chi connectivity index (χ3v) is 6.89. The van der Waals surface area contributed by atoms with Gasteiger partial charge in [0.25, 0.3) is 0 Å². The molecule has 37 heavy (non-hydrogen) atoms. The molecule has 0 saturated carbocycles. The second-order valence-electron chi connectivity index (χ2n) is 11.3. The summed E-state index contributed by atoms with van der Waals surface area (Å²) >= 11 is 6.05. The van der Waals surface area contributed by atoms with Crippen molar-refractivity contribution in [1.29, 1.82) is 0 Å². The second kappa shape index (κ2) is 12.6. The Morgan fingerprint density at radius 2 is 1.78 bits per heavy atom. The number of piperidine rings is 1. The van der Waals surface area contributed by atoms with Gasteiger partial charge < -0.3 is 25.4 Å². The quantitative estimate of drug-likeness (QED) is 0.384. The van der Waals surface area contributed by atoms with Gasteiger partial charge in [-0.2, -0.15) is 0 Å². The Balaban J connectivity index is 1.96. The fraction of sp³-hybridized carbons (Fsp3) is 0.630. The molecule has 0 aromatic heterocycles. The summed E-state index contributed by atoms with van der Waals surface area (Å²) in [5.74, 6) is -1.74. The highest BCUT2D eigenvalue weighted by Crippen LogP contribution is 2.42. The van der Waals surface area contributed by atoms with Gasteiger partial charge in [0.15, 0.2) is 0 Å². The average molecular weight is 538 g/mol. The molecule has 1 fully saturated rings. The van der Waals surface area contributed by atoms with E-state index in [9.17, 15) is 19.2 Å². The predicted molar refractivity (Wildman–Crippen MR) is 141 cm³/mol. The number of ether oxygens (including phenoxy) is 1. The van der Waals surface area contributed by atoms with Crippen LogP contribution in [0.1, 0.15) is 72.3 Å². The SMILES string of the molecule is CC(C)[C@@H](NC(=O)NCC(C)(C)OC(=O)CCC(=O)O)C(=O)N1CCC(c2ccc(Cl)cc2)C(C)(C)C1. The molecule has 206 valence electrons. The van der Waals surface area contributed by atoms with Crippen molar-refractivity contribution in [2.24, 2.45) is 11.3 Å². The van der Waals surface area contributed by atoms with Crippen molar-refractivity contribution in [3.63, 3.8) is 0 Å². The van der Waals surface area contributed by atoms with Gasteiger partial charge in [-0.05, 0) is 55.2 Å². The zero-order chi connectivity index (χ0) is 28.0. The van der Waals surface area contributed by atoms with Gasteiger partial charge in [0.05, 0.1) is 19.4 Å². The molecule has 1 aliphatic heterocycles. The number of urea groups is 1. The van der Waals surface area contributed by atoms with E-state index in [-0.39, 0.29) is 42.5 Å². The van der Waals surface area contributed by atoms with Crippen molar-refractivity contribution in [3.8, 4) is 0 Å². The Hall–Kier alpha value is -2.81. The zero-order valence-electron chi connectivity index (χ0n) is 22.6. The topological polar surface area (TPSA) is 125 Å². The maximum atomic E-state index is 13.5. The minimum atomic E-state index is -1.09. The molecule has 9 nitrogen and oxygen atoms in total. The number of carboxylic acid groups (broad SMARTS) is 1. The molecule has 1 saturated heterocycles. The van der Waals surface area contributed by atoms with Gasteiger partial charge in [-0.15, -0.1) is 0 Å².